The van der Waals surface area contributed by atoms with Crippen LogP contribution in [0.25, 0.3) is 0 Å². The van der Waals surface area contributed by atoms with Crippen molar-refractivity contribution in [2.75, 3.05) is 13.6 Å². The third kappa shape index (κ3) is 1.61. The average Bonchev–Trinajstić information content (AvgIpc) is 2.65. The number of nitrogens with zero attached hydrogens (tertiary/aromatic N) is 3. The van der Waals surface area contributed by atoms with Gasteiger partial charge in [0.15, 0.2) is 0 Å². The molecule has 1 aliphatic rings. The summed E-state index contributed by atoms with van der Waals surface area (Å²) in [6, 6.07) is 6.33. The maximum Gasteiger partial charge on any atom is 0.140 e. The summed E-state index contributed by atoms with van der Waals surface area (Å²) in [6.45, 7) is 1.16. The Balaban J connectivity index is 2.21. The van der Waals surface area contributed by atoms with Crippen molar-refractivity contribution in [2.45, 2.75) is 18.9 Å². The number of aromatic nitrogens is 1. The highest BCUT2D eigenvalue weighted by Gasteiger charge is 2.22. The molecule has 1 aromatic rings. The molecule has 0 N–H and O–H groups in total. The van der Waals surface area contributed by atoms with Gasteiger partial charge in [-0.3, -0.25) is 4.90 Å². The first-order chi connectivity index (χ1) is 6.81. The van der Waals surface area contributed by atoms with Crippen molar-refractivity contribution >= 4 is 0 Å². The summed E-state index contributed by atoms with van der Waals surface area (Å²) < 4.78 is 0. The quantitative estimate of drug-likeness (QED) is 0.672. The summed E-state index contributed by atoms with van der Waals surface area (Å²) in [4.78, 5) is 6.42. The minimum absolute atomic E-state index is 0.495. The van der Waals surface area contributed by atoms with Crippen LogP contribution in [-0.4, -0.2) is 23.5 Å². The molecule has 1 saturated heterocycles. The van der Waals surface area contributed by atoms with Crippen molar-refractivity contribution in [1.82, 2.24) is 9.88 Å². The first-order valence-corrected chi connectivity index (χ1v) is 4.87. The summed E-state index contributed by atoms with van der Waals surface area (Å²) in [5.41, 5.74) is 1.72. The molecule has 1 aromatic heterocycles. The minimum Gasteiger partial charge on any atom is -0.299 e. The monoisotopic (exact) mass is 187 g/mol. The molecular weight excluding hydrogens is 174 g/mol. The topological polar surface area (TPSA) is 39.9 Å². The van der Waals surface area contributed by atoms with E-state index in [0.29, 0.717) is 11.7 Å². The maximum atomic E-state index is 8.62. The summed E-state index contributed by atoms with van der Waals surface area (Å²) in [7, 11) is 2.13. The van der Waals surface area contributed by atoms with E-state index in [4.69, 9.17) is 5.26 Å². The summed E-state index contributed by atoms with van der Waals surface area (Å²) in [5.74, 6) is 0. The molecule has 1 fully saturated rings. The molecule has 2 rings (SSSR count). The first-order valence-electron chi connectivity index (χ1n) is 4.87. The van der Waals surface area contributed by atoms with Crippen molar-refractivity contribution in [3.05, 3.63) is 29.6 Å². The van der Waals surface area contributed by atoms with E-state index in [1.807, 2.05) is 18.3 Å². The minimum atomic E-state index is 0.495. The molecule has 3 nitrogen and oxygen atoms in total. The maximum absolute atomic E-state index is 8.62. The second-order valence-electron chi connectivity index (χ2n) is 3.73. The molecule has 3 heteroatoms. The fourth-order valence-corrected chi connectivity index (χ4v) is 2.00. The highest BCUT2D eigenvalue weighted by atomic mass is 15.1. The zero-order chi connectivity index (χ0) is 9.97. The lowest BCUT2D eigenvalue weighted by molar-refractivity contribution is 0.317. The lowest BCUT2D eigenvalue weighted by Crippen LogP contribution is -2.17. The van der Waals surface area contributed by atoms with Crippen molar-refractivity contribution in [1.29, 1.82) is 5.26 Å². The molecule has 0 spiro atoms. The summed E-state index contributed by atoms with van der Waals surface area (Å²) in [5, 5.41) is 8.62. The summed E-state index contributed by atoms with van der Waals surface area (Å²) >= 11 is 0. The lowest BCUT2D eigenvalue weighted by Gasteiger charge is -2.19. The molecule has 0 saturated carbocycles. The smallest absolute Gasteiger partial charge is 0.140 e. The zero-order valence-electron chi connectivity index (χ0n) is 8.27. The van der Waals surface area contributed by atoms with E-state index in [-0.39, 0.29) is 0 Å². The zero-order valence-corrected chi connectivity index (χ0v) is 8.27. The van der Waals surface area contributed by atoms with Crippen LogP contribution in [0.4, 0.5) is 0 Å². The van der Waals surface area contributed by atoms with E-state index in [1.54, 1.807) is 6.07 Å². The van der Waals surface area contributed by atoms with Crippen LogP contribution in [0.3, 0.4) is 0 Å². The highest BCUT2D eigenvalue weighted by molar-refractivity contribution is 5.25. The highest BCUT2D eigenvalue weighted by Crippen LogP contribution is 2.29. The number of hydrogen-bond acceptors (Lipinski definition) is 3. The first kappa shape index (κ1) is 9.17. The molecule has 0 bridgehead atoms. The molecule has 0 amide bonds. The number of rotatable bonds is 1. The van der Waals surface area contributed by atoms with Gasteiger partial charge in [0.1, 0.15) is 11.8 Å². The number of hydrogen-bond donors (Lipinski definition) is 0. The van der Waals surface area contributed by atoms with Gasteiger partial charge in [-0.2, -0.15) is 5.26 Å². The number of pyridine rings is 1. The Morgan fingerprint density at radius 2 is 2.43 bits per heavy atom. The molecule has 72 valence electrons. The van der Waals surface area contributed by atoms with Gasteiger partial charge in [0.25, 0.3) is 0 Å². The van der Waals surface area contributed by atoms with Gasteiger partial charge in [-0.1, -0.05) is 6.07 Å². The van der Waals surface area contributed by atoms with E-state index in [2.05, 4.69) is 16.9 Å². The predicted molar refractivity (Wildman–Crippen MR) is 53.6 cm³/mol. The molecular formula is C11H13N3. The standard InChI is InChI=1S/C11H13N3/c1-14-6-2-3-11(14)9-4-5-10(7-12)13-8-9/h4-5,8,11H,2-3,6H2,1H3. The molecule has 0 aromatic carbocycles. The van der Waals surface area contributed by atoms with Crippen molar-refractivity contribution in [2.24, 2.45) is 0 Å². The van der Waals surface area contributed by atoms with Crippen LogP contribution in [0.15, 0.2) is 18.3 Å². The van der Waals surface area contributed by atoms with Gasteiger partial charge in [-0.15, -0.1) is 0 Å². The van der Waals surface area contributed by atoms with Gasteiger partial charge >= 0.3 is 0 Å². The van der Waals surface area contributed by atoms with Crippen molar-refractivity contribution in [3.63, 3.8) is 0 Å². The van der Waals surface area contributed by atoms with E-state index >= 15 is 0 Å². The van der Waals surface area contributed by atoms with Crippen LogP contribution < -0.4 is 0 Å². The second kappa shape index (κ2) is 3.77. The number of nitriles is 1. The molecule has 1 aliphatic heterocycles. The van der Waals surface area contributed by atoms with Crippen LogP contribution in [0.1, 0.15) is 30.1 Å². The third-order valence-corrected chi connectivity index (χ3v) is 2.81. The molecule has 0 aliphatic carbocycles. The molecule has 1 unspecified atom stereocenters. The Labute approximate surface area is 84.0 Å². The molecule has 2 heterocycles. The van der Waals surface area contributed by atoms with E-state index in [0.717, 1.165) is 6.54 Å². The van der Waals surface area contributed by atoms with Gasteiger partial charge in [-0.05, 0) is 38.1 Å². The van der Waals surface area contributed by atoms with Crippen LogP contribution in [0, 0.1) is 11.3 Å². The fourth-order valence-electron chi connectivity index (χ4n) is 2.00. The third-order valence-electron chi connectivity index (χ3n) is 2.81. The van der Waals surface area contributed by atoms with Crippen LogP contribution >= 0.6 is 0 Å². The van der Waals surface area contributed by atoms with E-state index in [9.17, 15) is 0 Å². The average molecular weight is 187 g/mol. The van der Waals surface area contributed by atoms with Crippen molar-refractivity contribution < 1.29 is 0 Å². The summed E-state index contributed by atoms with van der Waals surface area (Å²) in [6.07, 6.45) is 4.27. The second-order valence-corrected chi connectivity index (χ2v) is 3.73. The SMILES string of the molecule is CN1CCCC1c1ccc(C#N)nc1. The Morgan fingerprint density at radius 3 is 2.93 bits per heavy atom. The van der Waals surface area contributed by atoms with Gasteiger partial charge in [0.2, 0.25) is 0 Å². The Hall–Kier alpha value is -1.40. The number of likely N-dealkylation sites (tertiary alicyclic amines) is 1. The Bertz CT molecular complexity index is 350. The van der Waals surface area contributed by atoms with Gasteiger partial charge in [-0.25, -0.2) is 4.98 Å². The van der Waals surface area contributed by atoms with E-state index < -0.39 is 0 Å². The van der Waals surface area contributed by atoms with E-state index in [1.165, 1.54) is 18.4 Å². The Kier molecular flexibility index (Phi) is 2.47. The predicted octanol–water partition coefficient (Wildman–Crippen LogP) is 1.72. The van der Waals surface area contributed by atoms with Crippen molar-refractivity contribution in [3.8, 4) is 6.07 Å². The van der Waals surface area contributed by atoms with Crippen LogP contribution in [0.2, 0.25) is 0 Å². The fraction of sp³-hybridized carbons (Fsp3) is 0.455. The molecule has 1 atom stereocenters. The largest absolute Gasteiger partial charge is 0.299 e. The van der Waals surface area contributed by atoms with Gasteiger partial charge in [0.05, 0.1) is 0 Å². The van der Waals surface area contributed by atoms with Crippen LogP contribution in [-0.2, 0) is 0 Å². The molecule has 0 radical (unpaired) electrons. The molecule has 14 heavy (non-hydrogen) atoms. The normalized spacial score (nSPS) is 22.1. The van der Waals surface area contributed by atoms with Gasteiger partial charge < -0.3 is 0 Å². The van der Waals surface area contributed by atoms with Crippen LogP contribution in [0.5, 0.6) is 0 Å². The van der Waals surface area contributed by atoms with Gasteiger partial charge in [0, 0.05) is 12.2 Å². The Morgan fingerprint density at radius 1 is 1.57 bits per heavy atom. The lowest BCUT2D eigenvalue weighted by atomic mass is 10.1.